The Hall–Kier alpha value is -2.26. The van der Waals surface area contributed by atoms with Crippen LogP contribution in [0.4, 0.5) is 5.13 Å². The summed E-state index contributed by atoms with van der Waals surface area (Å²) in [6.07, 6.45) is 4.01. The van der Waals surface area contributed by atoms with Gasteiger partial charge in [0.1, 0.15) is 0 Å². The number of aromatic nitrogens is 1. The van der Waals surface area contributed by atoms with Crippen molar-refractivity contribution in [1.82, 2.24) is 9.71 Å². The van der Waals surface area contributed by atoms with Crippen LogP contribution in [0.25, 0.3) is 0 Å². The first kappa shape index (κ1) is 23.4. The molecule has 1 aromatic heterocycles. The number of nitrogens with zero attached hydrogens (tertiary/aromatic N) is 1. The fourth-order valence-electron chi connectivity index (χ4n) is 3.00. The van der Waals surface area contributed by atoms with Gasteiger partial charge in [-0.05, 0) is 43.5 Å². The van der Waals surface area contributed by atoms with Gasteiger partial charge < -0.3 is 5.32 Å². The zero-order valence-corrected chi connectivity index (χ0v) is 19.5. The van der Waals surface area contributed by atoms with Crippen LogP contribution in [0.3, 0.4) is 0 Å². The Morgan fingerprint density at radius 2 is 1.74 bits per heavy atom. The first-order valence-electron chi connectivity index (χ1n) is 9.93. The summed E-state index contributed by atoms with van der Waals surface area (Å²) >= 11 is 7.39. The van der Waals surface area contributed by atoms with E-state index >= 15 is 0 Å². The second-order valence-corrected chi connectivity index (χ2v) is 10.2. The Kier molecular flexibility index (Phi) is 8.20. The molecule has 0 amide bonds. The number of thiazole rings is 1. The van der Waals surface area contributed by atoms with E-state index in [0.717, 1.165) is 24.8 Å². The van der Waals surface area contributed by atoms with Gasteiger partial charge in [-0.25, -0.2) is 18.1 Å². The molecule has 0 saturated carbocycles. The number of sulfonamides is 1. The molecule has 3 rings (SSSR count). The van der Waals surface area contributed by atoms with Gasteiger partial charge in [0.25, 0.3) is 0 Å². The molecule has 31 heavy (non-hydrogen) atoms. The molecule has 0 atom stereocenters. The zero-order valence-electron chi connectivity index (χ0n) is 17.1. The van der Waals surface area contributed by atoms with E-state index in [2.05, 4.69) is 15.0 Å². The number of carbonyl (C=O) groups excluding carboxylic acids is 1. The molecule has 0 aliphatic carbocycles. The van der Waals surface area contributed by atoms with E-state index in [1.807, 2.05) is 6.07 Å². The van der Waals surface area contributed by atoms with Crippen LogP contribution in [0.1, 0.15) is 40.1 Å². The maximum atomic E-state index is 12.5. The normalized spacial score (nSPS) is 11.4. The first-order valence-corrected chi connectivity index (χ1v) is 12.6. The molecule has 0 radical (unpaired) electrons. The molecule has 164 valence electrons. The average Bonchev–Trinajstić information content (AvgIpc) is 3.22. The van der Waals surface area contributed by atoms with Crippen molar-refractivity contribution in [3.63, 3.8) is 0 Å². The highest BCUT2D eigenvalue weighted by atomic mass is 35.5. The van der Waals surface area contributed by atoms with E-state index in [4.69, 9.17) is 11.6 Å². The van der Waals surface area contributed by atoms with Crippen LogP contribution in [-0.2, 0) is 10.0 Å². The van der Waals surface area contributed by atoms with Gasteiger partial charge in [-0.2, -0.15) is 0 Å². The molecule has 0 spiro atoms. The molecule has 6 nitrogen and oxygen atoms in total. The third-order valence-corrected chi connectivity index (χ3v) is 7.56. The highest BCUT2D eigenvalue weighted by Crippen LogP contribution is 2.24. The highest BCUT2D eigenvalue weighted by Gasteiger charge is 2.16. The van der Waals surface area contributed by atoms with Gasteiger partial charge in [-0.1, -0.05) is 59.7 Å². The minimum atomic E-state index is -3.47. The number of hydrogen-bond acceptors (Lipinski definition) is 6. The summed E-state index contributed by atoms with van der Waals surface area (Å²) < 4.78 is 27.3. The van der Waals surface area contributed by atoms with Crippen molar-refractivity contribution in [1.29, 1.82) is 0 Å². The van der Waals surface area contributed by atoms with Crippen LogP contribution in [0.2, 0.25) is 5.02 Å². The van der Waals surface area contributed by atoms with Gasteiger partial charge in [0, 0.05) is 18.7 Å². The number of ketones is 1. The molecule has 0 fully saturated rings. The van der Waals surface area contributed by atoms with Crippen LogP contribution in [0.15, 0.2) is 59.6 Å². The molecular formula is C22H24ClN3O3S2. The number of anilines is 1. The topological polar surface area (TPSA) is 88.2 Å². The summed E-state index contributed by atoms with van der Waals surface area (Å²) in [5, 5.41) is 4.31. The number of halogens is 1. The Balaban J connectivity index is 1.38. The second kappa shape index (κ2) is 10.9. The summed E-state index contributed by atoms with van der Waals surface area (Å²) in [5.74, 6) is -0.142. The quantitative estimate of drug-likeness (QED) is 0.303. The lowest BCUT2D eigenvalue weighted by atomic mass is 10.1. The van der Waals surface area contributed by atoms with E-state index in [-0.39, 0.29) is 5.78 Å². The number of hydrogen-bond donors (Lipinski definition) is 2. The molecule has 0 aliphatic rings. The third-order valence-electron chi connectivity index (χ3n) is 4.65. The molecule has 0 unspecified atom stereocenters. The van der Waals surface area contributed by atoms with Gasteiger partial charge in [0.2, 0.25) is 15.8 Å². The zero-order chi connectivity index (χ0) is 22.3. The number of rotatable bonds is 11. The summed E-state index contributed by atoms with van der Waals surface area (Å²) in [7, 11) is -3.47. The van der Waals surface area contributed by atoms with E-state index in [1.165, 1.54) is 11.3 Å². The maximum Gasteiger partial charge on any atom is 0.240 e. The first-order chi connectivity index (χ1) is 14.9. The second-order valence-electron chi connectivity index (χ2n) is 6.99. The van der Waals surface area contributed by atoms with Crippen molar-refractivity contribution >= 4 is 43.9 Å². The Bertz CT molecular complexity index is 1150. The van der Waals surface area contributed by atoms with Crippen molar-refractivity contribution in [2.75, 3.05) is 18.4 Å². The molecule has 2 N–H and O–H groups in total. The predicted octanol–water partition coefficient (Wildman–Crippen LogP) is 4.90. The predicted molar refractivity (Wildman–Crippen MR) is 126 cm³/mol. The van der Waals surface area contributed by atoms with Crippen molar-refractivity contribution in [3.05, 3.63) is 75.8 Å². The van der Waals surface area contributed by atoms with E-state index < -0.39 is 10.0 Å². The molecular weight excluding hydrogens is 454 g/mol. The smallest absolute Gasteiger partial charge is 0.240 e. The van der Waals surface area contributed by atoms with Crippen molar-refractivity contribution < 1.29 is 13.2 Å². The average molecular weight is 478 g/mol. The Morgan fingerprint density at radius 3 is 2.52 bits per heavy atom. The third kappa shape index (κ3) is 6.36. The summed E-state index contributed by atoms with van der Waals surface area (Å²) in [5.41, 5.74) is 1.20. The lowest BCUT2D eigenvalue weighted by Crippen LogP contribution is -2.25. The van der Waals surface area contributed by atoms with Gasteiger partial charge in [0.15, 0.2) is 5.13 Å². The van der Waals surface area contributed by atoms with Gasteiger partial charge >= 0.3 is 0 Å². The van der Waals surface area contributed by atoms with Crippen LogP contribution >= 0.6 is 22.9 Å². The Morgan fingerprint density at radius 1 is 1.03 bits per heavy atom. The van der Waals surface area contributed by atoms with Crippen molar-refractivity contribution in [2.45, 2.75) is 31.1 Å². The minimum absolute atomic E-state index is 0.142. The molecule has 2 aromatic carbocycles. The van der Waals surface area contributed by atoms with Crippen LogP contribution < -0.4 is 10.0 Å². The number of nitrogens with one attached hydrogen (secondary N) is 2. The maximum absolute atomic E-state index is 12.5. The fraction of sp³-hybridized carbons (Fsp3) is 0.273. The van der Waals surface area contributed by atoms with Crippen LogP contribution in [-0.4, -0.2) is 32.3 Å². The molecule has 0 bridgehead atoms. The van der Waals surface area contributed by atoms with Gasteiger partial charge in [-0.15, -0.1) is 0 Å². The van der Waals surface area contributed by atoms with E-state index in [9.17, 15) is 13.2 Å². The van der Waals surface area contributed by atoms with E-state index in [0.29, 0.717) is 38.6 Å². The Labute approximate surface area is 191 Å². The number of carbonyl (C=O) groups is 1. The molecule has 9 heteroatoms. The summed E-state index contributed by atoms with van der Waals surface area (Å²) in [6, 6.07) is 13.9. The largest absolute Gasteiger partial charge is 0.362 e. The van der Waals surface area contributed by atoms with Crippen molar-refractivity contribution in [2.24, 2.45) is 0 Å². The number of aryl methyl sites for hydroxylation is 1. The monoisotopic (exact) mass is 477 g/mol. The summed E-state index contributed by atoms with van der Waals surface area (Å²) in [4.78, 5) is 17.6. The molecule has 3 aromatic rings. The minimum Gasteiger partial charge on any atom is -0.362 e. The lowest BCUT2D eigenvalue weighted by molar-refractivity contribution is 0.104. The van der Waals surface area contributed by atoms with Crippen LogP contribution in [0, 0.1) is 6.92 Å². The lowest BCUT2D eigenvalue weighted by Gasteiger charge is -2.09. The van der Waals surface area contributed by atoms with E-state index in [1.54, 1.807) is 55.6 Å². The van der Waals surface area contributed by atoms with Gasteiger partial charge in [0.05, 0.1) is 21.0 Å². The van der Waals surface area contributed by atoms with Gasteiger partial charge in [-0.3, -0.25) is 4.79 Å². The molecule has 0 saturated heterocycles. The van der Waals surface area contributed by atoms with Crippen LogP contribution in [0.5, 0.6) is 0 Å². The number of unbranched alkanes of at least 4 members (excludes halogenated alkanes) is 2. The standard InChI is InChI=1S/C22H24ClN3O3S2/c1-16-9-3-6-12-20(16)31(28,29)26-14-8-2-7-13-24-22-25-15-19(30-22)21(27)17-10-4-5-11-18(17)23/h3-6,9-12,15,26H,2,7-8,13-14H2,1H3,(H,24,25). The number of benzene rings is 2. The highest BCUT2D eigenvalue weighted by molar-refractivity contribution is 7.89. The van der Waals surface area contributed by atoms with Crippen molar-refractivity contribution in [3.8, 4) is 0 Å². The SMILES string of the molecule is Cc1ccccc1S(=O)(=O)NCCCCCNc1ncc(C(=O)c2ccccc2Cl)s1. The molecule has 1 heterocycles. The summed E-state index contributed by atoms with van der Waals surface area (Å²) in [6.45, 7) is 2.87. The fourth-order valence-corrected chi connectivity index (χ4v) is 5.34. The molecule has 0 aliphatic heterocycles.